The van der Waals surface area contributed by atoms with E-state index in [0.29, 0.717) is 17.4 Å². The zero-order valence-electron chi connectivity index (χ0n) is 11.7. The maximum Gasteiger partial charge on any atom is 0.153 e. The van der Waals surface area contributed by atoms with E-state index in [0.717, 1.165) is 16.9 Å². The topological polar surface area (TPSA) is 64.3 Å². The number of hydrogen-bond acceptors (Lipinski definition) is 5. The van der Waals surface area contributed by atoms with Crippen molar-refractivity contribution in [3.8, 4) is 5.75 Å². The molecule has 106 valence electrons. The molecule has 1 aromatic heterocycles. The molecule has 1 heterocycles. The van der Waals surface area contributed by atoms with Gasteiger partial charge in [-0.2, -0.15) is 0 Å². The molecule has 5 nitrogen and oxygen atoms in total. The van der Waals surface area contributed by atoms with E-state index in [1.165, 1.54) is 6.33 Å². The van der Waals surface area contributed by atoms with Crippen LogP contribution in [0.1, 0.15) is 11.1 Å². The summed E-state index contributed by atoms with van der Waals surface area (Å²) in [6, 6.07) is 6.04. The van der Waals surface area contributed by atoms with E-state index < -0.39 is 0 Å². The Morgan fingerprint density at radius 3 is 2.75 bits per heavy atom. The molecule has 0 saturated heterocycles. The Bertz CT molecular complexity index is 618. The lowest BCUT2D eigenvalue weighted by Crippen LogP contribution is -2.19. The fraction of sp³-hybridized carbons (Fsp3) is 0.286. The summed E-state index contributed by atoms with van der Waals surface area (Å²) in [5, 5.41) is 0.375. The quantitative estimate of drug-likeness (QED) is 0.938. The van der Waals surface area contributed by atoms with Crippen LogP contribution in [0.3, 0.4) is 0 Å². The van der Waals surface area contributed by atoms with Crippen molar-refractivity contribution in [3.05, 3.63) is 40.7 Å². The lowest BCUT2D eigenvalue weighted by molar-refractivity contribution is 0.411. The molecule has 0 bridgehead atoms. The minimum atomic E-state index is 0.287. The van der Waals surface area contributed by atoms with Crippen molar-refractivity contribution < 1.29 is 4.74 Å². The molecule has 0 radical (unpaired) electrons. The number of benzene rings is 1. The first-order valence-electron chi connectivity index (χ1n) is 6.13. The van der Waals surface area contributed by atoms with Gasteiger partial charge in [-0.3, -0.25) is 0 Å². The molecule has 0 atom stereocenters. The fourth-order valence-corrected chi connectivity index (χ4v) is 2.27. The maximum atomic E-state index is 6.12. The second kappa shape index (κ2) is 5.96. The molecule has 0 fully saturated rings. The Labute approximate surface area is 123 Å². The normalized spacial score (nSPS) is 10.4. The monoisotopic (exact) mass is 292 g/mol. The Kier molecular flexibility index (Phi) is 4.29. The fourth-order valence-electron chi connectivity index (χ4n) is 2.03. The first kappa shape index (κ1) is 14.4. The molecule has 0 saturated carbocycles. The number of nitrogens with zero attached hydrogens (tertiary/aromatic N) is 3. The van der Waals surface area contributed by atoms with E-state index in [2.05, 4.69) is 16.0 Å². The molecule has 1 aromatic carbocycles. The highest BCUT2D eigenvalue weighted by molar-refractivity contribution is 6.35. The zero-order valence-corrected chi connectivity index (χ0v) is 12.5. The highest BCUT2D eigenvalue weighted by Crippen LogP contribution is 2.27. The van der Waals surface area contributed by atoms with E-state index in [1.807, 2.05) is 31.0 Å². The first-order chi connectivity index (χ1) is 9.52. The van der Waals surface area contributed by atoms with Gasteiger partial charge in [0, 0.05) is 13.6 Å². The molecule has 0 amide bonds. The zero-order chi connectivity index (χ0) is 14.7. The first-order valence-corrected chi connectivity index (χ1v) is 6.51. The summed E-state index contributed by atoms with van der Waals surface area (Å²) in [6.07, 6.45) is 1.41. The second-order valence-corrected chi connectivity index (χ2v) is 4.93. The third-order valence-electron chi connectivity index (χ3n) is 3.04. The molecule has 0 unspecified atom stereocenters. The summed E-state index contributed by atoms with van der Waals surface area (Å²) in [7, 11) is 3.57. The number of hydrogen-bond donors (Lipinski definition) is 1. The number of rotatable bonds is 4. The van der Waals surface area contributed by atoms with E-state index in [-0.39, 0.29) is 5.82 Å². The van der Waals surface area contributed by atoms with Gasteiger partial charge < -0.3 is 15.4 Å². The SMILES string of the molecule is COc1ccc(CN(C)c2ncnc(N)c2Cl)cc1C. The standard InChI is InChI=1S/C14H17ClN4O/c1-9-6-10(4-5-11(9)20-3)7-19(2)14-12(15)13(16)17-8-18-14/h4-6,8H,7H2,1-3H3,(H2,16,17,18). The molecule has 20 heavy (non-hydrogen) atoms. The van der Waals surface area contributed by atoms with Crippen LogP contribution in [0, 0.1) is 6.92 Å². The van der Waals surface area contributed by atoms with Crippen molar-refractivity contribution in [1.82, 2.24) is 9.97 Å². The predicted octanol–water partition coefficient (Wildman–Crippen LogP) is 2.67. The maximum absolute atomic E-state index is 6.12. The van der Waals surface area contributed by atoms with Gasteiger partial charge in [0.1, 0.15) is 22.9 Å². The van der Waals surface area contributed by atoms with Crippen LogP contribution in [0.15, 0.2) is 24.5 Å². The second-order valence-electron chi connectivity index (χ2n) is 4.56. The van der Waals surface area contributed by atoms with E-state index in [4.69, 9.17) is 22.1 Å². The number of aromatic nitrogens is 2. The number of methoxy groups -OCH3 is 1. The number of halogens is 1. The molecule has 0 aliphatic carbocycles. The third kappa shape index (κ3) is 2.93. The van der Waals surface area contributed by atoms with Crippen LogP contribution in [0.4, 0.5) is 11.6 Å². The molecule has 2 N–H and O–H groups in total. The molecule has 0 aliphatic heterocycles. The molecule has 2 aromatic rings. The molecular weight excluding hydrogens is 276 g/mol. The van der Waals surface area contributed by atoms with Crippen LogP contribution in [0.2, 0.25) is 5.02 Å². The highest BCUT2D eigenvalue weighted by atomic mass is 35.5. The Balaban J connectivity index is 2.21. The average Bonchev–Trinajstić information content (AvgIpc) is 2.42. The van der Waals surface area contributed by atoms with Gasteiger partial charge in [0.05, 0.1) is 7.11 Å². The minimum absolute atomic E-state index is 0.287. The Hall–Kier alpha value is -2.01. The van der Waals surface area contributed by atoms with Crippen LogP contribution in [0.5, 0.6) is 5.75 Å². The van der Waals surface area contributed by atoms with Crippen LogP contribution in [0.25, 0.3) is 0 Å². The van der Waals surface area contributed by atoms with Crippen molar-refractivity contribution in [3.63, 3.8) is 0 Å². The van der Waals surface area contributed by atoms with Gasteiger partial charge in [0.25, 0.3) is 0 Å². The summed E-state index contributed by atoms with van der Waals surface area (Å²) in [5.41, 5.74) is 7.92. The third-order valence-corrected chi connectivity index (χ3v) is 3.40. The van der Waals surface area contributed by atoms with Crippen LogP contribution < -0.4 is 15.4 Å². The predicted molar refractivity (Wildman–Crippen MR) is 81.3 cm³/mol. The van der Waals surface area contributed by atoms with Crippen molar-refractivity contribution in [2.75, 3.05) is 24.8 Å². The number of anilines is 2. The summed E-state index contributed by atoms with van der Waals surface area (Å²) in [4.78, 5) is 9.96. The van der Waals surface area contributed by atoms with Crippen molar-refractivity contribution in [1.29, 1.82) is 0 Å². The van der Waals surface area contributed by atoms with E-state index >= 15 is 0 Å². The number of nitrogens with two attached hydrogens (primary N) is 1. The van der Waals surface area contributed by atoms with Gasteiger partial charge in [-0.25, -0.2) is 9.97 Å². The molecule has 0 spiro atoms. The smallest absolute Gasteiger partial charge is 0.153 e. The van der Waals surface area contributed by atoms with Crippen LogP contribution >= 0.6 is 11.6 Å². The lowest BCUT2D eigenvalue weighted by Gasteiger charge is -2.20. The summed E-state index contributed by atoms with van der Waals surface area (Å²) in [5.74, 6) is 1.78. The van der Waals surface area contributed by atoms with Gasteiger partial charge in [-0.15, -0.1) is 0 Å². The van der Waals surface area contributed by atoms with Crippen molar-refractivity contribution in [2.24, 2.45) is 0 Å². The average molecular weight is 293 g/mol. The van der Waals surface area contributed by atoms with Gasteiger partial charge in [0.2, 0.25) is 0 Å². The molecule has 6 heteroatoms. The number of aryl methyl sites for hydroxylation is 1. The van der Waals surface area contributed by atoms with Crippen LogP contribution in [-0.4, -0.2) is 24.1 Å². The van der Waals surface area contributed by atoms with Gasteiger partial charge >= 0.3 is 0 Å². The number of nitrogen functional groups attached to an aromatic ring is 1. The summed E-state index contributed by atoms with van der Waals surface area (Å²) >= 11 is 6.12. The molecule has 0 aliphatic rings. The van der Waals surface area contributed by atoms with Crippen molar-refractivity contribution >= 4 is 23.2 Å². The number of ether oxygens (including phenoxy) is 1. The van der Waals surface area contributed by atoms with Crippen molar-refractivity contribution in [2.45, 2.75) is 13.5 Å². The lowest BCUT2D eigenvalue weighted by atomic mass is 10.1. The summed E-state index contributed by atoms with van der Waals surface area (Å²) in [6.45, 7) is 2.68. The molecule has 2 rings (SSSR count). The minimum Gasteiger partial charge on any atom is -0.496 e. The highest BCUT2D eigenvalue weighted by Gasteiger charge is 2.12. The van der Waals surface area contributed by atoms with Crippen LogP contribution in [-0.2, 0) is 6.54 Å². The Morgan fingerprint density at radius 2 is 2.10 bits per heavy atom. The summed E-state index contributed by atoms with van der Waals surface area (Å²) < 4.78 is 5.25. The van der Waals surface area contributed by atoms with Gasteiger partial charge in [-0.1, -0.05) is 23.7 Å². The Morgan fingerprint density at radius 1 is 1.35 bits per heavy atom. The van der Waals surface area contributed by atoms with Gasteiger partial charge in [0.15, 0.2) is 5.82 Å². The van der Waals surface area contributed by atoms with E-state index in [1.54, 1.807) is 7.11 Å². The largest absolute Gasteiger partial charge is 0.496 e. The van der Waals surface area contributed by atoms with E-state index in [9.17, 15) is 0 Å². The van der Waals surface area contributed by atoms with Gasteiger partial charge in [-0.05, 0) is 24.1 Å². The molecular formula is C14H17ClN4O.